The average Bonchev–Trinajstić information content (AvgIpc) is 3.04. The average molecular weight is 304 g/mol. The minimum atomic E-state index is -1.20. The summed E-state index contributed by atoms with van der Waals surface area (Å²) in [5, 5.41) is 13.2. The van der Waals surface area contributed by atoms with Crippen LogP contribution in [0, 0.1) is 17.2 Å². The van der Waals surface area contributed by atoms with Crippen molar-refractivity contribution < 1.29 is 14.0 Å². The molecule has 116 valence electrons. The third-order valence-corrected chi connectivity index (χ3v) is 4.12. The number of alkyl halides is 1. The summed E-state index contributed by atoms with van der Waals surface area (Å²) in [6, 6.07) is 3.42. The van der Waals surface area contributed by atoms with Crippen LogP contribution in [-0.2, 0) is 9.63 Å². The molecule has 0 bridgehead atoms. The van der Waals surface area contributed by atoms with Crippen LogP contribution in [0.2, 0.25) is 0 Å². The second kappa shape index (κ2) is 6.38. The number of carbonyl (C=O) groups is 1. The molecule has 1 unspecified atom stereocenters. The van der Waals surface area contributed by atoms with E-state index < -0.39 is 12.1 Å². The smallest absolute Gasteiger partial charge is 0.252 e. The van der Waals surface area contributed by atoms with Gasteiger partial charge in [0.15, 0.2) is 0 Å². The SMILES string of the molecule is N#Cc1cncc(C2CCON2C(=O)[C@@H]2CCNC[C@H]2F)c1. The molecule has 3 heterocycles. The maximum atomic E-state index is 14.0. The van der Waals surface area contributed by atoms with Crippen molar-refractivity contribution in [1.82, 2.24) is 15.4 Å². The van der Waals surface area contributed by atoms with Crippen molar-refractivity contribution >= 4 is 5.91 Å². The Bertz CT molecular complexity index is 603. The van der Waals surface area contributed by atoms with E-state index in [0.717, 1.165) is 5.56 Å². The Balaban J connectivity index is 1.80. The van der Waals surface area contributed by atoms with Crippen molar-refractivity contribution in [3.8, 4) is 6.07 Å². The number of hydroxylamine groups is 2. The first-order valence-corrected chi connectivity index (χ1v) is 7.36. The van der Waals surface area contributed by atoms with Gasteiger partial charge in [-0.15, -0.1) is 0 Å². The van der Waals surface area contributed by atoms with Gasteiger partial charge in [0, 0.05) is 25.4 Å². The normalized spacial score (nSPS) is 28.4. The van der Waals surface area contributed by atoms with Gasteiger partial charge in [0.25, 0.3) is 5.91 Å². The van der Waals surface area contributed by atoms with Crippen LogP contribution >= 0.6 is 0 Å². The molecular formula is C15H17FN4O2. The fraction of sp³-hybridized carbons (Fsp3) is 0.533. The second-order valence-electron chi connectivity index (χ2n) is 5.54. The van der Waals surface area contributed by atoms with Crippen molar-refractivity contribution in [2.24, 2.45) is 5.92 Å². The van der Waals surface area contributed by atoms with Crippen LogP contribution in [0.1, 0.15) is 30.0 Å². The molecule has 6 nitrogen and oxygen atoms in total. The Morgan fingerprint density at radius 2 is 2.36 bits per heavy atom. The zero-order valence-electron chi connectivity index (χ0n) is 12.0. The molecule has 0 saturated carbocycles. The number of piperidine rings is 1. The van der Waals surface area contributed by atoms with Gasteiger partial charge >= 0.3 is 0 Å². The molecule has 0 spiro atoms. The van der Waals surface area contributed by atoms with Gasteiger partial charge in [-0.1, -0.05) is 0 Å². The van der Waals surface area contributed by atoms with E-state index in [9.17, 15) is 9.18 Å². The lowest BCUT2D eigenvalue weighted by Gasteiger charge is -2.31. The lowest BCUT2D eigenvalue weighted by molar-refractivity contribution is -0.184. The lowest BCUT2D eigenvalue weighted by atomic mass is 9.94. The molecule has 2 saturated heterocycles. The number of hydrogen-bond donors (Lipinski definition) is 1. The van der Waals surface area contributed by atoms with Crippen molar-refractivity contribution in [1.29, 1.82) is 5.26 Å². The van der Waals surface area contributed by atoms with Crippen molar-refractivity contribution in [3.63, 3.8) is 0 Å². The van der Waals surface area contributed by atoms with Crippen LogP contribution in [0.4, 0.5) is 4.39 Å². The standard InChI is InChI=1S/C15H17FN4O2/c16-13-9-18-3-1-12(13)15(21)20-14(2-4-22-20)11-5-10(6-17)7-19-8-11/h5,7-8,12-14,18H,1-4,9H2/t12-,13-,14?/m1/s1. The summed E-state index contributed by atoms with van der Waals surface area (Å²) in [6.45, 7) is 1.22. The molecular weight excluding hydrogens is 287 g/mol. The minimum absolute atomic E-state index is 0.195. The molecule has 0 radical (unpaired) electrons. The highest BCUT2D eigenvalue weighted by Crippen LogP contribution is 2.33. The molecule has 1 aromatic heterocycles. The second-order valence-corrected chi connectivity index (χ2v) is 5.54. The fourth-order valence-corrected chi connectivity index (χ4v) is 2.95. The first-order valence-electron chi connectivity index (χ1n) is 7.36. The third kappa shape index (κ3) is 2.80. The molecule has 22 heavy (non-hydrogen) atoms. The molecule has 2 aliphatic rings. The number of aromatic nitrogens is 1. The topological polar surface area (TPSA) is 78.2 Å². The summed E-state index contributed by atoms with van der Waals surface area (Å²) in [4.78, 5) is 22.1. The fourth-order valence-electron chi connectivity index (χ4n) is 2.95. The number of hydrogen-bond acceptors (Lipinski definition) is 5. The summed E-state index contributed by atoms with van der Waals surface area (Å²) in [5.74, 6) is -0.993. The Morgan fingerprint density at radius 3 is 3.14 bits per heavy atom. The van der Waals surface area contributed by atoms with Crippen molar-refractivity contribution in [3.05, 3.63) is 29.6 Å². The zero-order valence-corrected chi connectivity index (χ0v) is 12.0. The van der Waals surface area contributed by atoms with Gasteiger partial charge in [-0.3, -0.25) is 14.6 Å². The first kappa shape index (κ1) is 14.9. The molecule has 1 aromatic rings. The summed E-state index contributed by atoms with van der Waals surface area (Å²) < 4.78 is 14.0. The molecule has 0 aromatic carbocycles. The van der Waals surface area contributed by atoms with E-state index in [2.05, 4.69) is 10.3 Å². The Morgan fingerprint density at radius 1 is 1.50 bits per heavy atom. The highest BCUT2D eigenvalue weighted by molar-refractivity contribution is 5.79. The first-order chi connectivity index (χ1) is 10.7. The quantitative estimate of drug-likeness (QED) is 0.885. The van der Waals surface area contributed by atoms with Crippen LogP contribution in [0.15, 0.2) is 18.5 Å². The maximum absolute atomic E-state index is 14.0. The van der Waals surface area contributed by atoms with Gasteiger partial charge in [-0.2, -0.15) is 5.26 Å². The Hall–Kier alpha value is -2.04. The third-order valence-electron chi connectivity index (χ3n) is 4.12. The van der Waals surface area contributed by atoms with E-state index in [4.69, 9.17) is 10.1 Å². The molecule has 1 amide bonds. The highest BCUT2D eigenvalue weighted by Gasteiger charge is 2.40. The van der Waals surface area contributed by atoms with Crippen LogP contribution in [0.3, 0.4) is 0 Å². The van der Waals surface area contributed by atoms with Gasteiger partial charge in [-0.05, 0) is 24.6 Å². The summed E-state index contributed by atoms with van der Waals surface area (Å²) in [6.07, 6.45) is 2.97. The number of nitrogens with zero attached hydrogens (tertiary/aromatic N) is 3. The number of nitrogens with one attached hydrogen (secondary N) is 1. The number of rotatable bonds is 2. The van der Waals surface area contributed by atoms with E-state index in [-0.39, 0.29) is 18.5 Å². The predicted octanol–water partition coefficient (Wildman–Crippen LogP) is 1.11. The summed E-state index contributed by atoms with van der Waals surface area (Å²) in [5.41, 5.74) is 1.18. The summed E-state index contributed by atoms with van der Waals surface area (Å²) >= 11 is 0. The maximum Gasteiger partial charge on any atom is 0.252 e. The van der Waals surface area contributed by atoms with E-state index in [1.807, 2.05) is 6.07 Å². The van der Waals surface area contributed by atoms with Crippen molar-refractivity contribution in [2.75, 3.05) is 19.7 Å². The monoisotopic (exact) mass is 304 g/mol. The van der Waals surface area contributed by atoms with E-state index in [1.165, 1.54) is 11.3 Å². The van der Waals surface area contributed by atoms with Gasteiger partial charge in [0.2, 0.25) is 0 Å². The molecule has 0 aliphatic carbocycles. The molecule has 1 N–H and O–H groups in total. The Labute approximate surface area is 127 Å². The molecule has 3 rings (SSSR count). The van der Waals surface area contributed by atoms with Gasteiger partial charge < -0.3 is 5.32 Å². The van der Waals surface area contributed by atoms with Crippen LogP contribution < -0.4 is 5.32 Å². The number of pyridine rings is 1. The van der Waals surface area contributed by atoms with Crippen LogP contribution in [0.25, 0.3) is 0 Å². The van der Waals surface area contributed by atoms with E-state index in [1.54, 1.807) is 12.3 Å². The molecule has 2 aliphatic heterocycles. The largest absolute Gasteiger partial charge is 0.314 e. The number of nitriles is 1. The van der Waals surface area contributed by atoms with Crippen LogP contribution in [0.5, 0.6) is 0 Å². The van der Waals surface area contributed by atoms with Gasteiger partial charge in [0.1, 0.15) is 12.2 Å². The van der Waals surface area contributed by atoms with Gasteiger partial charge in [0.05, 0.1) is 24.1 Å². The van der Waals surface area contributed by atoms with Gasteiger partial charge in [-0.25, -0.2) is 9.45 Å². The molecule has 7 heteroatoms. The minimum Gasteiger partial charge on any atom is -0.314 e. The van der Waals surface area contributed by atoms with E-state index >= 15 is 0 Å². The molecule has 2 fully saturated rings. The van der Waals surface area contributed by atoms with Crippen LogP contribution in [-0.4, -0.2) is 41.8 Å². The molecule has 3 atom stereocenters. The zero-order chi connectivity index (χ0) is 15.5. The number of amides is 1. The number of carbonyl (C=O) groups excluding carboxylic acids is 1. The highest BCUT2D eigenvalue weighted by atomic mass is 19.1. The van der Waals surface area contributed by atoms with Crippen molar-refractivity contribution in [2.45, 2.75) is 25.1 Å². The Kier molecular flexibility index (Phi) is 4.32. The predicted molar refractivity (Wildman–Crippen MR) is 75.0 cm³/mol. The lowest BCUT2D eigenvalue weighted by Crippen LogP contribution is -2.46. The number of halogens is 1. The van der Waals surface area contributed by atoms with E-state index in [0.29, 0.717) is 31.6 Å². The summed E-state index contributed by atoms with van der Waals surface area (Å²) in [7, 11) is 0.